The maximum Gasteiger partial charge on any atom is 0.164 e. The van der Waals surface area contributed by atoms with Crippen LogP contribution < -0.4 is 4.74 Å². The molecule has 0 radical (unpaired) electrons. The predicted octanol–water partition coefficient (Wildman–Crippen LogP) is 12.6. The fourth-order valence-electron chi connectivity index (χ4n) is 13.5. The van der Waals surface area contributed by atoms with Crippen molar-refractivity contribution in [2.24, 2.45) is 23.2 Å². The van der Waals surface area contributed by atoms with Crippen LogP contribution in [0.25, 0.3) is 55.8 Å². The van der Waals surface area contributed by atoms with Crippen molar-refractivity contribution in [1.29, 1.82) is 0 Å². The first-order valence-electron chi connectivity index (χ1n) is 21.1. The zero-order valence-electron chi connectivity index (χ0n) is 32.0. The molecule has 7 aromatic carbocycles. The van der Waals surface area contributed by atoms with E-state index in [9.17, 15) is 0 Å². The van der Waals surface area contributed by atoms with Crippen LogP contribution in [0.15, 0.2) is 158 Å². The van der Waals surface area contributed by atoms with E-state index in [0.717, 1.165) is 69.0 Å². The lowest BCUT2D eigenvalue weighted by molar-refractivity contribution is -0.175. The molecule has 8 aromatic rings. The first kappa shape index (κ1) is 31.7. The molecule has 4 nitrogen and oxygen atoms in total. The van der Waals surface area contributed by atoms with Crippen molar-refractivity contribution in [2.45, 2.75) is 42.9 Å². The smallest absolute Gasteiger partial charge is 0.164 e. The number of rotatable bonds is 4. The molecule has 1 aromatic heterocycles. The van der Waals surface area contributed by atoms with Gasteiger partial charge in [0.05, 0.1) is 5.41 Å². The molecule has 1 aliphatic heterocycles. The monoisotopic (exact) mass is 745 g/mol. The van der Waals surface area contributed by atoms with Gasteiger partial charge < -0.3 is 4.74 Å². The summed E-state index contributed by atoms with van der Waals surface area (Å²) in [4.78, 5) is 16.5. The van der Waals surface area contributed by atoms with Crippen molar-refractivity contribution >= 4 is 10.8 Å². The van der Waals surface area contributed by atoms with E-state index in [0.29, 0.717) is 5.41 Å². The molecule has 2 atom stereocenters. The molecule has 5 aliphatic carbocycles. The van der Waals surface area contributed by atoms with Crippen LogP contribution in [0.2, 0.25) is 0 Å². The van der Waals surface area contributed by atoms with Crippen LogP contribution in [0.5, 0.6) is 11.5 Å². The second-order valence-electron chi connectivity index (χ2n) is 18.1. The van der Waals surface area contributed by atoms with Gasteiger partial charge in [-0.25, -0.2) is 15.0 Å². The van der Waals surface area contributed by atoms with E-state index >= 15 is 0 Å². The van der Waals surface area contributed by atoms with Gasteiger partial charge in [-0.1, -0.05) is 133 Å². The van der Waals surface area contributed by atoms with Crippen molar-refractivity contribution in [2.75, 3.05) is 0 Å². The molecule has 4 heteroatoms. The Morgan fingerprint density at radius 2 is 1.05 bits per heavy atom. The van der Waals surface area contributed by atoms with Crippen molar-refractivity contribution < 1.29 is 4.74 Å². The van der Waals surface area contributed by atoms with Gasteiger partial charge in [-0.15, -0.1) is 0 Å². The van der Waals surface area contributed by atoms with Crippen LogP contribution in [-0.4, -0.2) is 15.0 Å². The maximum absolute atomic E-state index is 6.63. The number of nitrogens with zero attached hydrogens (tertiary/aromatic N) is 3. The molecule has 2 unspecified atom stereocenters. The van der Waals surface area contributed by atoms with E-state index in [1.54, 1.807) is 0 Å². The summed E-state index contributed by atoms with van der Waals surface area (Å²) in [6.07, 6.45) is 6.51. The summed E-state index contributed by atoms with van der Waals surface area (Å²) in [5.74, 6) is 6.98. The first-order valence-corrected chi connectivity index (χ1v) is 21.1. The number of ether oxygens (including phenoxy) is 1. The molecule has 58 heavy (non-hydrogen) atoms. The molecule has 0 amide bonds. The molecule has 276 valence electrons. The van der Waals surface area contributed by atoms with Gasteiger partial charge in [0.1, 0.15) is 17.3 Å². The van der Waals surface area contributed by atoms with Crippen LogP contribution >= 0.6 is 0 Å². The highest BCUT2D eigenvalue weighted by atomic mass is 16.5. The average molecular weight is 746 g/mol. The number of hydrogen-bond acceptors (Lipinski definition) is 4. The highest BCUT2D eigenvalue weighted by molar-refractivity contribution is 5.92. The van der Waals surface area contributed by atoms with Crippen LogP contribution in [0.1, 0.15) is 60.2 Å². The van der Waals surface area contributed by atoms with E-state index in [4.69, 9.17) is 19.7 Å². The number of aromatic nitrogens is 3. The Balaban J connectivity index is 0.980. The Morgan fingerprint density at radius 3 is 1.79 bits per heavy atom. The van der Waals surface area contributed by atoms with Gasteiger partial charge in [0.25, 0.3) is 0 Å². The van der Waals surface area contributed by atoms with E-state index < -0.39 is 5.41 Å². The topological polar surface area (TPSA) is 47.9 Å². The van der Waals surface area contributed by atoms with Crippen LogP contribution in [0.3, 0.4) is 0 Å². The van der Waals surface area contributed by atoms with Gasteiger partial charge in [0.2, 0.25) is 0 Å². The van der Waals surface area contributed by atoms with E-state index in [2.05, 4.69) is 158 Å². The quantitative estimate of drug-likeness (QED) is 0.180. The highest BCUT2D eigenvalue weighted by Crippen LogP contribution is 2.84. The molecule has 2 bridgehead atoms. The summed E-state index contributed by atoms with van der Waals surface area (Å²) >= 11 is 0. The molecule has 0 saturated heterocycles. The SMILES string of the molecule is c1ccc2c(c1)Oc1ccccc1C21c2ccccc2-c2ccc(-c3ccccc3-c3nc(-c4ccc5ccccc5c4)nc(C45CC6C[C@H]7CC(C4)[C@@]67C5)n3)cc21. The molecule has 2 spiro atoms. The summed E-state index contributed by atoms with van der Waals surface area (Å²) < 4.78 is 6.63. The number of hydrogen-bond donors (Lipinski definition) is 0. The number of para-hydroxylation sites is 2. The Labute approximate surface area is 337 Å². The summed E-state index contributed by atoms with van der Waals surface area (Å²) in [5, 5.41) is 2.42. The van der Waals surface area contributed by atoms with E-state index in [-0.39, 0.29) is 5.41 Å². The normalized spacial score (nSPS) is 25.5. The zero-order chi connectivity index (χ0) is 37.8. The molecule has 2 heterocycles. The van der Waals surface area contributed by atoms with Crippen LogP contribution in [-0.2, 0) is 10.8 Å². The summed E-state index contributed by atoms with van der Waals surface area (Å²) in [6.45, 7) is 0. The fourth-order valence-corrected chi connectivity index (χ4v) is 13.5. The molecular weight excluding hydrogens is 707 g/mol. The van der Waals surface area contributed by atoms with Gasteiger partial charge in [-0.2, -0.15) is 0 Å². The summed E-state index contributed by atoms with van der Waals surface area (Å²) in [5.41, 5.74) is 11.9. The number of fused-ring (bicyclic) bond motifs is 11. The lowest BCUT2D eigenvalue weighted by Gasteiger charge is -2.66. The van der Waals surface area contributed by atoms with Gasteiger partial charge in [0, 0.05) is 27.7 Å². The second-order valence-corrected chi connectivity index (χ2v) is 18.1. The number of benzene rings is 7. The molecule has 14 rings (SSSR count). The lowest BCUT2D eigenvalue weighted by Crippen LogP contribution is -2.59. The molecule has 6 aliphatic rings. The van der Waals surface area contributed by atoms with Crippen molar-refractivity contribution in [1.82, 2.24) is 15.0 Å². The molecule has 4 fully saturated rings. The fraction of sp³-hybridized carbons (Fsp3) is 0.204. The largest absolute Gasteiger partial charge is 0.457 e. The predicted molar refractivity (Wildman–Crippen MR) is 229 cm³/mol. The Kier molecular flexibility index (Phi) is 5.98. The van der Waals surface area contributed by atoms with Crippen molar-refractivity contribution in [3.63, 3.8) is 0 Å². The van der Waals surface area contributed by atoms with Gasteiger partial charge in [0.15, 0.2) is 11.6 Å². The van der Waals surface area contributed by atoms with E-state index in [1.165, 1.54) is 76.3 Å². The van der Waals surface area contributed by atoms with Crippen LogP contribution in [0.4, 0.5) is 0 Å². The highest BCUT2D eigenvalue weighted by Gasteiger charge is 2.78. The van der Waals surface area contributed by atoms with Crippen molar-refractivity contribution in [3.8, 4) is 56.5 Å². The Morgan fingerprint density at radius 1 is 0.448 bits per heavy atom. The zero-order valence-corrected chi connectivity index (χ0v) is 32.0. The second kappa shape index (κ2) is 11.0. The van der Waals surface area contributed by atoms with Gasteiger partial charge in [-0.05, 0) is 124 Å². The molecular formula is C54H39N3O. The van der Waals surface area contributed by atoms with Gasteiger partial charge in [-0.3, -0.25) is 0 Å². The first-order chi connectivity index (χ1) is 28.6. The molecule has 0 N–H and O–H groups in total. The van der Waals surface area contributed by atoms with E-state index in [1.807, 2.05) is 0 Å². The third-order valence-corrected chi connectivity index (χ3v) is 15.8. The molecule has 4 saturated carbocycles. The minimum Gasteiger partial charge on any atom is -0.457 e. The lowest BCUT2D eigenvalue weighted by atomic mass is 9.38. The van der Waals surface area contributed by atoms with Crippen molar-refractivity contribution in [3.05, 3.63) is 186 Å². The Bertz CT molecular complexity index is 3030. The standard InChI is InChI=1S/C54H39N3O/c1-2-12-33-25-35(22-21-32(33)11-1)49-55-50(57-51(56-49)52-29-37-27-36-28-38(30-52)53(36,37)31-52)42-15-4-3-13-39(42)34-23-24-41-40-14-5-6-16-43(40)54(46(41)26-34)44-17-7-9-19-47(44)58-48-20-10-8-18-45(48)54/h1-26,36-38H,27-31H2/t36-,37?,38?,52?,53+. The minimum absolute atomic E-state index is 0.0361. The minimum atomic E-state index is -0.536. The van der Waals surface area contributed by atoms with Gasteiger partial charge >= 0.3 is 0 Å². The third-order valence-electron chi connectivity index (χ3n) is 15.8. The maximum atomic E-state index is 6.63. The summed E-state index contributed by atoms with van der Waals surface area (Å²) in [7, 11) is 0. The summed E-state index contributed by atoms with van der Waals surface area (Å²) in [6, 6.07) is 57.2. The third kappa shape index (κ3) is 3.84. The Hall–Kier alpha value is -6.39. The average Bonchev–Trinajstić information content (AvgIpc) is 3.88. The van der Waals surface area contributed by atoms with Crippen LogP contribution in [0, 0.1) is 23.2 Å².